The van der Waals surface area contributed by atoms with E-state index in [0.717, 1.165) is 5.75 Å². The number of pyridine rings is 1. The van der Waals surface area contributed by atoms with Crippen molar-refractivity contribution in [2.75, 3.05) is 17.3 Å². The van der Waals surface area contributed by atoms with Crippen molar-refractivity contribution in [3.8, 4) is 0 Å². The fourth-order valence-corrected chi connectivity index (χ4v) is 2.19. The number of nitrogens with one attached hydrogen (secondary N) is 2. The summed E-state index contributed by atoms with van der Waals surface area (Å²) < 4.78 is 14.3. The van der Waals surface area contributed by atoms with Crippen LogP contribution in [0.2, 0.25) is 0 Å². The molecule has 1 unspecified atom stereocenters. The summed E-state index contributed by atoms with van der Waals surface area (Å²) in [6.07, 6.45) is 3.68. The molecule has 19 heavy (non-hydrogen) atoms. The van der Waals surface area contributed by atoms with E-state index in [0.29, 0.717) is 17.9 Å². The summed E-state index contributed by atoms with van der Waals surface area (Å²) in [5, 5.41) is 6.40. The lowest BCUT2D eigenvalue weighted by Crippen LogP contribution is -2.35. The summed E-state index contributed by atoms with van der Waals surface area (Å²) in [5.41, 5.74) is 0.610. The Morgan fingerprint density at radius 2 is 2.11 bits per heavy atom. The molecular weight excluding hydrogens is 261 g/mol. The summed E-state index contributed by atoms with van der Waals surface area (Å²) in [6.45, 7) is 8.71. The van der Waals surface area contributed by atoms with E-state index < -0.39 is 0 Å². The van der Waals surface area contributed by atoms with Gasteiger partial charge >= 0.3 is 0 Å². The molecule has 0 aliphatic rings. The average Bonchev–Trinajstić information content (AvgIpc) is 2.29. The van der Waals surface area contributed by atoms with Crippen molar-refractivity contribution in [1.29, 1.82) is 0 Å². The first-order valence-corrected chi connectivity index (χ1v) is 7.86. The van der Waals surface area contributed by atoms with Crippen LogP contribution >= 0.6 is 11.8 Å². The molecule has 0 saturated heterocycles. The first-order chi connectivity index (χ1) is 8.83. The van der Waals surface area contributed by atoms with E-state index in [1.807, 2.05) is 13.2 Å². The first-order valence-electron chi connectivity index (χ1n) is 6.47. The molecule has 1 heterocycles. The Labute approximate surface area is 119 Å². The Hall–Kier alpha value is -0.810. The highest BCUT2D eigenvalue weighted by molar-refractivity contribution is 7.98. The highest BCUT2D eigenvalue weighted by atomic mass is 32.2. The fourth-order valence-electron chi connectivity index (χ4n) is 1.61. The van der Waals surface area contributed by atoms with Crippen molar-refractivity contribution in [2.45, 2.75) is 45.8 Å². The van der Waals surface area contributed by atoms with Crippen LogP contribution in [-0.4, -0.2) is 28.6 Å². The van der Waals surface area contributed by atoms with Gasteiger partial charge in [0.15, 0.2) is 11.6 Å². The summed E-state index contributed by atoms with van der Waals surface area (Å²) in [6, 6.07) is 1.92. The zero-order valence-corrected chi connectivity index (χ0v) is 13.2. The van der Waals surface area contributed by atoms with Crippen LogP contribution in [0.5, 0.6) is 0 Å². The molecule has 0 aliphatic heterocycles. The Kier molecular flexibility index (Phi) is 6.07. The molecule has 0 spiro atoms. The molecule has 5 heteroatoms. The van der Waals surface area contributed by atoms with Gasteiger partial charge in [-0.25, -0.2) is 9.37 Å². The molecule has 0 saturated carbocycles. The van der Waals surface area contributed by atoms with Crippen LogP contribution in [0.3, 0.4) is 0 Å². The maximum atomic E-state index is 14.3. The number of rotatable bonds is 6. The number of anilines is 1. The minimum Gasteiger partial charge on any atom is -0.364 e. The number of nitrogens with zero attached hydrogens (tertiary/aromatic N) is 1. The lowest BCUT2D eigenvalue weighted by atomic mass is 10.1. The highest BCUT2D eigenvalue weighted by Gasteiger charge is 2.14. The van der Waals surface area contributed by atoms with Crippen LogP contribution in [0.15, 0.2) is 12.3 Å². The van der Waals surface area contributed by atoms with Gasteiger partial charge in [0.2, 0.25) is 0 Å². The normalized spacial score (nSPS) is 13.4. The first kappa shape index (κ1) is 16.2. The number of thioether (sulfide) groups is 1. The van der Waals surface area contributed by atoms with E-state index in [9.17, 15) is 4.39 Å². The Morgan fingerprint density at radius 1 is 1.42 bits per heavy atom. The van der Waals surface area contributed by atoms with E-state index in [-0.39, 0.29) is 17.4 Å². The van der Waals surface area contributed by atoms with Gasteiger partial charge in [-0.1, -0.05) is 0 Å². The Morgan fingerprint density at radius 3 is 2.68 bits per heavy atom. The summed E-state index contributed by atoms with van der Waals surface area (Å²) >= 11 is 1.73. The average molecular weight is 285 g/mol. The van der Waals surface area contributed by atoms with Gasteiger partial charge in [-0.3, -0.25) is 0 Å². The molecular formula is C14H24FN3S. The molecule has 108 valence electrons. The smallest absolute Gasteiger partial charge is 0.169 e. The van der Waals surface area contributed by atoms with Crippen LogP contribution in [0.25, 0.3) is 0 Å². The quantitative estimate of drug-likeness (QED) is 0.841. The second-order valence-electron chi connectivity index (χ2n) is 5.74. The van der Waals surface area contributed by atoms with Crippen LogP contribution in [0, 0.1) is 5.82 Å². The molecule has 1 atom stereocenters. The van der Waals surface area contributed by atoms with Crippen molar-refractivity contribution in [3.63, 3.8) is 0 Å². The van der Waals surface area contributed by atoms with E-state index >= 15 is 0 Å². The van der Waals surface area contributed by atoms with Crippen LogP contribution in [-0.2, 0) is 6.54 Å². The predicted octanol–water partition coefficient (Wildman–Crippen LogP) is 3.27. The third-order valence-electron chi connectivity index (χ3n) is 2.58. The van der Waals surface area contributed by atoms with Crippen molar-refractivity contribution in [1.82, 2.24) is 10.3 Å². The lowest BCUT2D eigenvalue weighted by molar-refractivity contribution is 0.418. The molecule has 3 nitrogen and oxygen atoms in total. The van der Waals surface area contributed by atoms with Gasteiger partial charge in [0, 0.05) is 35.6 Å². The molecule has 1 rings (SSSR count). The fraction of sp³-hybridized carbons (Fsp3) is 0.643. The van der Waals surface area contributed by atoms with Crippen molar-refractivity contribution in [3.05, 3.63) is 23.6 Å². The second-order valence-corrected chi connectivity index (χ2v) is 6.65. The number of hydrogen-bond acceptors (Lipinski definition) is 4. The van der Waals surface area contributed by atoms with Crippen LogP contribution in [0.4, 0.5) is 10.2 Å². The Balaban J connectivity index is 2.74. The molecule has 0 aliphatic carbocycles. The molecule has 0 fully saturated rings. The van der Waals surface area contributed by atoms with Gasteiger partial charge in [0.25, 0.3) is 0 Å². The highest BCUT2D eigenvalue weighted by Crippen LogP contribution is 2.17. The van der Waals surface area contributed by atoms with Gasteiger partial charge in [0.1, 0.15) is 0 Å². The van der Waals surface area contributed by atoms with E-state index in [1.165, 1.54) is 0 Å². The van der Waals surface area contributed by atoms with Crippen LogP contribution in [0.1, 0.15) is 33.3 Å². The maximum absolute atomic E-state index is 14.3. The van der Waals surface area contributed by atoms with E-state index in [1.54, 1.807) is 24.0 Å². The lowest BCUT2D eigenvalue weighted by Gasteiger charge is -2.21. The van der Waals surface area contributed by atoms with Gasteiger partial charge in [-0.05, 0) is 40.0 Å². The molecule has 0 aromatic carbocycles. The molecule has 0 bridgehead atoms. The standard InChI is InChI=1S/C14H24FN3S/c1-10(9-19-5)18-13-12(15)11(6-7-16-13)8-17-14(2,3)4/h6-7,10,17H,8-9H2,1-5H3,(H,16,18). The third-order valence-corrected chi connectivity index (χ3v) is 3.41. The molecule has 0 radical (unpaired) electrons. The van der Waals surface area contributed by atoms with Gasteiger partial charge in [-0.15, -0.1) is 0 Å². The number of halogens is 1. The predicted molar refractivity (Wildman–Crippen MR) is 82.3 cm³/mol. The van der Waals surface area contributed by atoms with Crippen LogP contribution < -0.4 is 10.6 Å². The largest absolute Gasteiger partial charge is 0.364 e. The molecule has 1 aromatic heterocycles. The van der Waals surface area contributed by atoms with E-state index in [4.69, 9.17) is 0 Å². The van der Waals surface area contributed by atoms with Gasteiger partial charge in [-0.2, -0.15) is 11.8 Å². The Bertz CT molecular complexity index is 404. The zero-order valence-electron chi connectivity index (χ0n) is 12.4. The SMILES string of the molecule is CSCC(C)Nc1nccc(CNC(C)(C)C)c1F. The minimum absolute atomic E-state index is 0.0323. The summed E-state index contributed by atoms with van der Waals surface area (Å²) in [7, 11) is 0. The summed E-state index contributed by atoms with van der Waals surface area (Å²) in [4.78, 5) is 4.08. The molecule has 0 amide bonds. The number of aromatic nitrogens is 1. The van der Waals surface area contributed by atoms with Gasteiger partial charge < -0.3 is 10.6 Å². The maximum Gasteiger partial charge on any atom is 0.169 e. The summed E-state index contributed by atoms with van der Waals surface area (Å²) in [5.74, 6) is 1.01. The van der Waals surface area contributed by atoms with Crippen molar-refractivity contribution >= 4 is 17.6 Å². The molecule has 1 aromatic rings. The van der Waals surface area contributed by atoms with Crippen molar-refractivity contribution < 1.29 is 4.39 Å². The van der Waals surface area contributed by atoms with Gasteiger partial charge in [0.05, 0.1) is 0 Å². The zero-order chi connectivity index (χ0) is 14.5. The topological polar surface area (TPSA) is 37.0 Å². The monoisotopic (exact) mass is 285 g/mol. The van der Waals surface area contributed by atoms with Crippen molar-refractivity contribution in [2.24, 2.45) is 0 Å². The number of hydrogen-bond donors (Lipinski definition) is 2. The van der Waals surface area contributed by atoms with E-state index in [2.05, 4.69) is 36.4 Å². The second kappa shape index (κ2) is 7.10. The molecule has 2 N–H and O–H groups in total. The minimum atomic E-state index is -0.257. The third kappa shape index (κ3) is 5.78.